The van der Waals surface area contributed by atoms with Crippen LogP contribution in [-0.2, 0) is 17.1 Å². The minimum Gasteiger partial charge on any atom is -0.506 e. The average Bonchev–Trinajstić information content (AvgIpc) is 2.93. The molecular weight excluding hydrogens is 568 g/mol. The molecule has 0 saturated heterocycles. The van der Waals surface area contributed by atoms with Crippen molar-refractivity contribution < 1.29 is 32.0 Å². The van der Waals surface area contributed by atoms with Crippen LogP contribution in [0.1, 0.15) is 11.1 Å². The first-order valence-corrected chi connectivity index (χ1v) is 12.5. The normalized spacial score (nSPS) is 11.2. The molecule has 0 atom stereocenters. The molecule has 211 valence electrons. The number of rotatable bonds is 7. The van der Waals surface area contributed by atoms with E-state index in [0.717, 1.165) is 22.3 Å². The molecule has 5 N–H and O–H groups in total. The molecule has 0 spiro atoms. The summed E-state index contributed by atoms with van der Waals surface area (Å²) >= 11 is 0. The smallest absolute Gasteiger partial charge is 0.151 e. The van der Waals surface area contributed by atoms with Crippen LogP contribution in [0.25, 0.3) is 10.8 Å². The van der Waals surface area contributed by atoms with Gasteiger partial charge in [-0.25, -0.2) is 0 Å². The topological polar surface area (TPSA) is 137 Å². The van der Waals surface area contributed by atoms with Gasteiger partial charge in [-0.3, -0.25) is 0 Å². The van der Waals surface area contributed by atoms with E-state index in [4.69, 9.17) is 10.5 Å². The first-order valence-electron chi connectivity index (χ1n) is 12.5. The van der Waals surface area contributed by atoms with Gasteiger partial charge in [0.2, 0.25) is 0 Å². The maximum Gasteiger partial charge on any atom is 0.151 e. The van der Waals surface area contributed by atoms with Crippen LogP contribution >= 0.6 is 0 Å². The van der Waals surface area contributed by atoms with E-state index in [1.807, 2.05) is 86.6 Å². The van der Waals surface area contributed by atoms with Crippen molar-refractivity contribution in [3.8, 4) is 17.2 Å². The third kappa shape index (κ3) is 6.63. The van der Waals surface area contributed by atoms with Crippen LogP contribution in [0, 0.1) is 13.8 Å². The average molecular weight is 596 g/mol. The molecule has 0 aliphatic carbocycles. The van der Waals surface area contributed by atoms with Crippen molar-refractivity contribution in [3.63, 3.8) is 0 Å². The number of ether oxygens (including phenoxy) is 1. The number of phenolic OH excluding ortho intramolecular Hbond substituents is 2. The molecule has 0 bridgehead atoms. The minimum atomic E-state index is -0.154. The molecule has 0 amide bonds. The Kier molecular flexibility index (Phi) is 8.87. The number of hydrogen-bond donors (Lipinski definition) is 4. The number of nitrogens with zero attached hydrogens (tertiary/aromatic N) is 4. The Morgan fingerprint density at radius 3 is 2.22 bits per heavy atom. The summed E-state index contributed by atoms with van der Waals surface area (Å²) in [4.78, 5) is 0. The van der Waals surface area contributed by atoms with E-state index < -0.39 is 0 Å². The monoisotopic (exact) mass is 595 g/mol. The Hall–Kier alpha value is -4.92. The van der Waals surface area contributed by atoms with Gasteiger partial charge in [-0.2, -0.15) is 5.11 Å². The maximum atomic E-state index is 11.0. The summed E-state index contributed by atoms with van der Waals surface area (Å²) in [6, 6.07) is 25.5. The number of aromatic hydroxyl groups is 2. The number of phenols is 2. The number of methoxy groups -OCH3 is 1. The second-order valence-electron chi connectivity index (χ2n) is 9.33. The molecule has 0 saturated carbocycles. The van der Waals surface area contributed by atoms with Gasteiger partial charge in [0.05, 0.1) is 12.8 Å². The third-order valence-corrected chi connectivity index (χ3v) is 6.28. The molecule has 0 heterocycles. The van der Waals surface area contributed by atoms with Gasteiger partial charge in [-0.15, -0.1) is 15.3 Å². The molecule has 1 radical (unpaired) electrons. The van der Waals surface area contributed by atoms with Crippen molar-refractivity contribution in [2.24, 2.45) is 20.5 Å². The number of nitrogens with two attached hydrogens (primary N) is 1. The van der Waals surface area contributed by atoms with E-state index in [0.29, 0.717) is 39.4 Å². The van der Waals surface area contributed by atoms with Crippen molar-refractivity contribution in [2.45, 2.75) is 13.8 Å². The molecule has 0 aliphatic rings. The molecule has 0 unspecified atom stereocenters. The van der Waals surface area contributed by atoms with Gasteiger partial charge in [0.15, 0.2) is 5.75 Å². The number of benzene rings is 5. The summed E-state index contributed by atoms with van der Waals surface area (Å²) < 4.78 is 5.44. The quantitative estimate of drug-likeness (QED) is 0.0844. The van der Waals surface area contributed by atoms with Crippen molar-refractivity contribution in [1.82, 2.24) is 0 Å². The molecule has 10 heteroatoms. The van der Waals surface area contributed by atoms with Crippen LogP contribution in [-0.4, -0.2) is 17.3 Å². The Balaban J connectivity index is 0.00000387. The molecule has 5 rings (SSSR count). The van der Waals surface area contributed by atoms with Crippen LogP contribution in [0.3, 0.4) is 0 Å². The SMILES string of the molecule is COc1cc(N=Nc2c(C)cc3cc(Nc4ccc(N)cc4)ccc3c2O)c(O)cc1N=Nc1cccc(C)c1.[Cu]. The van der Waals surface area contributed by atoms with Gasteiger partial charge >= 0.3 is 0 Å². The van der Waals surface area contributed by atoms with E-state index in [9.17, 15) is 10.2 Å². The second-order valence-corrected chi connectivity index (χ2v) is 9.33. The fourth-order valence-corrected chi connectivity index (χ4v) is 4.22. The summed E-state index contributed by atoms with van der Waals surface area (Å²) in [7, 11) is 1.49. The Bertz CT molecular complexity index is 1770. The molecule has 0 fully saturated rings. The van der Waals surface area contributed by atoms with Crippen LogP contribution in [0.5, 0.6) is 17.2 Å². The second kappa shape index (κ2) is 12.5. The number of hydrogen-bond acceptors (Lipinski definition) is 9. The van der Waals surface area contributed by atoms with Gasteiger partial charge in [0.1, 0.15) is 28.6 Å². The molecule has 5 aromatic carbocycles. The largest absolute Gasteiger partial charge is 0.506 e. The first kappa shape index (κ1) is 29.1. The van der Waals surface area contributed by atoms with Crippen LogP contribution in [0.2, 0.25) is 0 Å². The van der Waals surface area contributed by atoms with Gasteiger partial charge in [0, 0.05) is 51.6 Å². The molecule has 41 heavy (non-hydrogen) atoms. The van der Waals surface area contributed by atoms with Gasteiger partial charge in [-0.1, -0.05) is 12.1 Å². The first-order chi connectivity index (χ1) is 19.3. The van der Waals surface area contributed by atoms with Gasteiger partial charge in [0.25, 0.3) is 0 Å². The van der Waals surface area contributed by atoms with Crippen molar-refractivity contribution in [2.75, 3.05) is 18.2 Å². The van der Waals surface area contributed by atoms with E-state index in [-0.39, 0.29) is 34.3 Å². The number of aryl methyl sites for hydroxylation is 2. The van der Waals surface area contributed by atoms with E-state index >= 15 is 0 Å². The number of fused-ring (bicyclic) bond motifs is 1. The minimum absolute atomic E-state index is 0. The summed E-state index contributed by atoms with van der Waals surface area (Å²) in [5, 5.41) is 43.4. The molecule has 5 aromatic rings. The van der Waals surface area contributed by atoms with Crippen LogP contribution in [0.15, 0.2) is 105 Å². The maximum absolute atomic E-state index is 11.0. The zero-order valence-electron chi connectivity index (χ0n) is 22.6. The zero-order valence-corrected chi connectivity index (χ0v) is 23.5. The molecular formula is C31H28CuN6O3. The predicted molar refractivity (Wildman–Crippen MR) is 159 cm³/mol. The summed E-state index contributed by atoms with van der Waals surface area (Å²) in [5.74, 6) is 0.204. The number of azo groups is 2. The Morgan fingerprint density at radius 1 is 0.756 bits per heavy atom. The van der Waals surface area contributed by atoms with E-state index in [1.54, 1.807) is 0 Å². The third-order valence-electron chi connectivity index (χ3n) is 6.28. The van der Waals surface area contributed by atoms with Crippen molar-refractivity contribution in [1.29, 1.82) is 0 Å². The standard InChI is InChI=1S/C31H28N6O3.Cu/c1-18-5-4-6-24(13-18)34-36-27-16-28(38)26(17-29(27)40-3)35-37-30-19(2)14-20-15-23(11-12-25(20)31(30)39)33-22-9-7-21(32)8-10-22;/h4-17,33,38-39H,32H2,1-3H3;. The molecule has 0 aromatic heterocycles. The predicted octanol–water partition coefficient (Wildman–Crippen LogP) is 9.03. The molecule has 9 nitrogen and oxygen atoms in total. The summed E-state index contributed by atoms with van der Waals surface area (Å²) in [5.41, 5.74) is 11.5. The fourth-order valence-electron chi connectivity index (χ4n) is 4.22. The van der Waals surface area contributed by atoms with E-state index in [1.165, 1.54) is 19.2 Å². The van der Waals surface area contributed by atoms with Crippen LogP contribution in [0.4, 0.5) is 39.8 Å². The zero-order chi connectivity index (χ0) is 28.2. The fraction of sp³-hybridized carbons (Fsp3) is 0.0968. The number of nitrogens with one attached hydrogen (secondary N) is 1. The van der Waals surface area contributed by atoms with Crippen molar-refractivity contribution in [3.05, 3.63) is 96.1 Å². The summed E-state index contributed by atoms with van der Waals surface area (Å²) in [6.07, 6.45) is 0. The number of anilines is 3. The number of nitrogen functional groups attached to an aromatic ring is 1. The van der Waals surface area contributed by atoms with Gasteiger partial charge < -0.3 is 26.0 Å². The molecule has 0 aliphatic heterocycles. The Morgan fingerprint density at radius 2 is 1.49 bits per heavy atom. The van der Waals surface area contributed by atoms with Gasteiger partial charge in [-0.05, 0) is 91.0 Å². The van der Waals surface area contributed by atoms with E-state index in [2.05, 4.69) is 25.8 Å². The summed E-state index contributed by atoms with van der Waals surface area (Å²) in [6.45, 7) is 3.81. The van der Waals surface area contributed by atoms with Crippen molar-refractivity contribution >= 4 is 50.6 Å². The van der Waals surface area contributed by atoms with Crippen LogP contribution < -0.4 is 15.8 Å². The Labute approximate surface area is 247 Å².